The number of nitrogens with zero attached hydrogens (tertiary/aromatic N) is 2. The van der Waals surface area contributed by atoms with Crippen molar-refractivity contribution in [1.82, 2.24) is 15.5 Å². The number of rotatable bonds is 6. The number of carbonyl (C=O) groups excluding carboxylic acids is 2. The van der Waals surface area contributed by atoms with Crippen LogP contribution in [0.2, 0.25) is 0 Å². The lowest BCUT2D eigenvalue weighted by Gasteiger charge is -2.43. The Labute approximate surface area is 160 Å². The van der Waals surface area contributed by atoms with Crippen molar-refractivity contribution in [3.05, 3.63) is 12.2 Å². The molecule has 0 aromatic heterocycles. The standard InChI is InChI=1S/C21H30N4O2/c1-22-20(24-12-21(7-2-8-21)15-5-6-15)23-9-10-25-18(26)16-13-3-4-14(11-13)17(16)19(25)27/h3-4,13-17H,2,5-12H2,1H3,(H2,22,23,24). The van der Waals surface area contributed by atoms with E-state index in [0.29, 0.717) is 18.5 Å². The summed E-state index contributed by atoms with van der Waals surface area (Å²) in [4.78, 5) is 31.2. The molecule has 4 atom stereocenters. The van der Waals surface area contributed by atoms with Gasteiger partial charge in [0.25, 0.3) is 0 Å². The third-order valence-corrected chi connectivity index (χ3v) is 7.81. The van der Waals surface area contributed by atoms with E-state index in [0.717, 1.165) is 24.8 Å². The molecule has 6 nitrogen and oxygen atoms in total. The van der Waals surface area contributed by atoms with Crippen LogP contribution < -0.4 is 10.6 Å². The van der Waals surface area contributed by atoms with Crippen LogP contribution in [0, 0.1) is 35.0 Å². The van der Waals surface area contributed by atoms with Gasteiger partial charge in [0.05, 0.1) is 11.8 Å². The van der Waals surface area contributed by atoms with Crippen LogP contribution >= 0.6 is 0 Å². The van der Waals surface area contributed by atoms with Crippen molar-refractivity contribution in [1.29, 1.82) is 0 Å². The molecular formula is C21H30N4O2. The Kier molecular flexibility index (Phi) is 4.06. The van der Waals surface area contributed by atoms with E-state index in [1.165, 1.54) is 37.0 Å². The summed E-state index contributed by atoms with van der Waals surface area (Å²) in [6.07, 6.45) is 12.0. The number of amides is 2. The summed E-state index contributed by atoms with van der Waals surface area (Å²) in [5.74, 6) is 2.13. The molecule has 2 amide bonds. The molecule has 4 unspecified atom stereocenters. The monoisotopic (exact) mass is 370 g/mol. The van der Waals surface area contributed by atoms with Crippen LogP contribution in [0.4, 0.5) is 0 Å². The van der Waals surface area contributed by atoms with Crippen molar-refractivity contribution in [3.63, 3.8) is 0 Å². The number of carbonyl (C=O) groups is 2. The summed E-state index contributed by atoms with van der Waals surface area (Å²) < 4.78 is 0. The molecule has 5 rings (SSSR count). The zero-order valence-corrected chi connectivity index (χ0v) is 16.1. The first-order valence-electron chi connectivity index (χ1n) is 10.6. The van der Waals surface area contributed by atoms with Gasteiger partial charge in [-0.05, 0) is 55.3 Å². The number of hydrogen-bond donors (Lipinski definition) is 2. The van der Waals surface area contributed by atoms with E-state index in [1.807, 2.05) is 0 Å². The van der Waals surface area contributed by atoms with E-state index in [1.54, 1.807) is 7.05 Å². The maximum Gasteiger partial charge on any atom is 0.233 e. The van der Waals surface area contributed by atoms with E-state index < -0.39 is 0 Å². The van der Waals surface area contributed by atoms with Crippen LogP contribution in [0.5, 0.6) is 0 Å². The first-order valence-corrected chi connectivity index (χ1v) is 10.6. The lowest BCUT2D eigenvalue weighted by molar-refractivity contribution is -0.140. The Bertz CT molecular complexity index is 677. The Hall–Kier alpha value is -1.85. The second kappa shape index (κ2) is 6.35. The van der Waals surface area contributed by atoms with Gasteiger partial charge in [-0.2, -0.15) is 0 Å². The highest BCUT2D eigenvalue weighted by atomic mass is 16.2. The molecule has 3 saturated carbocycles. The highest BCUT2D eigenvalue weighted by Gasteiger charge is 2.59. The van der Waals surface area contributed by atoms with Gasteiger partial charge in [-0.3, -0.25) is 19.5 Å². The fourth-order valence-electron chi connectivity index (χ4n) is 6.01. The van der Waals surface area contributed by atoms with Gasteiger partial charge in [-0.25, -0.2) is 0 Å². The van der Waals surface area contributed by atoms with Gasteiger partial charge in [-0.15, -0.1) is 0 Å². The number of nitrogens with one attached hydrogen (secondary N) is 2. The van der Waals surface area contributed by atoms with E-state index in [2.05, 4.69) is 27.8 Å². The van der Waals surface area contributed by atoms with Crippen molar-refractivity contribution in [2.45, 2.75) is 38.5 Å². The van der Waals surface area contributed by atoms with Gasteiger partial charge < -0.3 is 10.6 Å². The summed E-state index contributed by atoms with van der Waals surface area (Å²) in [6.45, 7) is 1.96. The molecule has 1 heterocycles. The molecule has 0 spiro atoms. The average molecular weight is 370 g/mol. The Balaban J connectivity index is 1.12. The Morgan fingerprint density at radius 1 is 1.15 bits per heavy atom. The lowest BCUT2D eigenvalue weighted by Crippen LogP contribution is -2.49. The third-order valence-electron chi connectivity index (χ3n) is 7.81. The molecule has 0 aromatic carbocycles. The second-order valence-corrected chi connectivity index (χ2v) is 9.17. The molecular weight excluding hydrogens is 340 g/mol. The first kappa shape index (κ1) is 17.3. The summed E-state index contributed by atoms with van der Waals surface area (Å²) in [7, 11) is 1.78. The fraction of sp³-hybridized carbons (Fsp3) is 0.762. The highest BCUT2D eigenvalue weighted by molar-refractivity contribution is 6.06. The SMILES string of the molecule is CN=C(NCCN1C(=O)C2C3C=CC(C3)C2C1=O)NCC1(C2CC2)CCC1. The quantitative estimate of drug-likeness (QED) is 0.322. The van der Waals surface area contributed by atoms with Crippen LogP contribution in [0.3, 0.4) is 0 Å². The number of imide groups is 1. The molecule has 0 radical (unpaired) electrons. The Morgan fingerprint density at radius 2 is 1.81 bits per heavy atom. The molecule has 2 N–H and O–H groups in total. The molecule has 2 bridgehead atoms. The summed E-state index contributed by atoms with van der Waals surface area (Å²) >= 11 is 0. The van der Waals surface area contributed by atoms with Gasteiger partial charge >= 0.3 is 0 Å². The van der Waals surface area contributed by atoms with Crippen LogP contribution in [-0.4, -0.2) is 49.4 Å². The van der Waals surface area contributed by atoms with Crippen molar-refractivity contribution < 1.29 is 9.59 Å². The summed E-state index contributed by atoms with van der Waals surface area (Å²) in [5, 5.41) is 6.78. The number of aliphatic imine (C=N–C) groups is 1. The van der Waals surface area contributed by atoms with Crippen molar-refractivity contribution >= 4 is 17.8 Å². The van der Waals surface area contributed by atoms with Crippen LogP contribution in [0.1, 0.15) is 38.5 Å². The summed E-state index contributed by atoms with van der Waals surface area (Å²) in [6, 6.07) is 0. The molecule has 1 aliphatic heterocycles. The van der Waals surface area contributed by atoms with Crippen LogP contribution in [-0.2, 0) is 9.59 Å². The van der Waals surface area contributed by atoms with Crippen LogP contribution in [0.25, 0.3) is 0 Å². The predicted molar refractivity (Wildman–Crippen MR) is 103 cm³/mol. The molecule has 0 aromatic rings. The molecule has 6 heteroatoms. The van der Waals surface area contributed by atoms with Gasteiger partial charge in [0.15, 0.2) is 5.96 Å². The van der Waals surface area contributed by atoms with Gasteiger partial charge in [-0.1, -0.05) is 18.6 Å². The molecule has 146 valence electrons. The van der Waals surface area contributed by atoms with E-state index >= 15 is 0 Å². The molecule has 1 saturated heterocycles. The number of allylic oxidation sites excluding steroid dienone is 2. The summed E-state index contributed by atoms with van der Waals surface area (Å²) in [5.41, 5.74) is 0.488. The smallest absolute Gasteiger partial charge is 0.233 e. The molecule has 27 heavy (non-hydrogen) atoms. The van der Waals surface area contributed by atoms with Gasteiger partial charge in [0.1, 0.15) is 0 Å². The molecule has 4 aliphatic carbocycles. The lowest BCUT2D eigenvalue weighted by atomic mass is 9.65. The Morgan fingerprint density at radius 3 is 2.33 bits per heavy atom. The minimum atomic E-state index is -0.0954. The average Bonchev–Trinajstić information content (AvgIpc) is 3.19. The largest absolute Gasteiger partial charge is 0.356 e. The van der Waals surface area contributed by atoms with E-state index in [9.17, 15) is 9.59 Å². The number of fused-ring (bicyclic) bond motifs is 5. The molecule has 5 aliphatic rings. The van der Waals surface area contributed by atoms with Crippen molar-refractivity contribution in [3.8, 4) is 0 Å². The minimum Gasteiger partial charge on any atom is -0.356 e. The number of guanidine groups is 1. The maximum atomic E-state index is 12.7. The van der Waals surface area contributed by atoms with E-state index in [4.69, 9.17) is 0 Å². The minimum absolute atomic E-state index is 0.0359. The normalized spacial score (nSPS) is 36.2. The zero-order chi connectivity index (χ0) is 18.6. The number of hydrogen-bond acceptors (Lipinski definition) is 3. The van der Waals surface area contributed by atoms with Gasteiger partial charge in [0.2, 0.25) is 11.8 Å². The zero-order valence-electron chi connectivity index (χ0n) is 16.1. The van der Waals surface area contributed by atoms with Crippen molar-refractivity contribution in [2.24, 2.45) is 40.0 Å². The second-order valence-electron chi connectivity index (χ2n) is 9.17. The maximum absolute atomic E-state index is 12.7. The van der Waals surface area contributed by atoms with Gasteiger partial charge in [0, 0.05) is 26.7 Å². The van der Waals surface area contributed by atoms with E-state index in [-0.39, 0.29) is 35.5 Å². The molecule has 4 fully saturated rings. The van der Waals surface area contributed by atoms with Crippen LogP contribution in [0.15, 0.2) is 17.1 Å². The third kappa shape index (κ3) is 2.71. The number of likely N-dealkylation sites (tertiary alicyclic amines) is 1. The first-order chi connectivity index (χ1) is 13.1. The predicted octanol–water partition coefficient (Wildman–Crippen LogP) is 1.54. The topological polar surface area (TPSA) is 73.8 Å². The van der Waals surface area contributed by atoms with Crippen molar-refractivity contribution in [2.75, 3.05) is 26.7 Å². The fourth-order valence-corrected chi connectivity index (χ4v) is 6.01. The highest BCUT2D eigenvalue weighted by Crippen LogP contribution is 2.56.